The zero-order valence-corrected chi connectivity index (χ0v) is 15.4. The van der Waals surface area contributed by atoms with Crippen LogP contribution in [0.3, 0.4) is 0 Å². The van der Waals surface area contributed by atoms with E-state index in [2.05, 4.69) is 12.2 Å². The van der Waals surface area contributed by atoms with E-state index in [0.29, 0.717) is 11.6 Å². The molecule has 0 saturated heterocycles. The molecule has 2 amide bonds. The smallest absolute Gasteiger partial charge is 0.254 e. The van der Waals surface area contributed by atoms with E-state index in [0.717, 1.165) is 24.1 Å². The highest BCUT2D eigenvalue weighted by Gasteiger charge is 2.37. The predicted molar refractivity (Wildman–Crippen MR) is 98.4 cm³/mol. The second-order valence-electron chi connectivity index (χ2n) is 6.45. The molecule has 132 valence electrons. The van der Waals surface area contributed by atoms with E-state index in [1.165, 1.54) is 39.0 Å². The van der Waals surface area contributed by atoms with E-state index in [-0.39, 0.29) is 11.8 Å². The molecule has 1 aliphatic rings. The molecule has 1 aliphatic heterocycles. The number of fused-ring (bicyclic) bond motifs is 1. The van der Waals surface area contributed by atoms with Crippen molar-refractivity contribution in [2.75, 3.05) is 11.4 Å². The van der Waals surface area contributed by atoms with Gasteiger partial charge in [-0.1, -0.05) is 57.0 Å². The van der Waals surface area contributed by atoms with Crippen LogP contribution < -0.4 is 10.2 Å². The summed E-state index contributed by atoms with van der Waals surface area (Å²) in [6, 6.07) is 4.83. The molecule has 5 heteroatoms. The largest absolute Gasteiger partial charge is 0.341 e. The summed E-state index contributed by atoms with van der Waals surface area (Å²) in [5, 5.41) is 3.32. The molecule has 1 N–H and O–H groups in total. The number of benzene rings is 1. The fourth-order valence-electron chi connectivity index (χ4n) is 3.21. The third kappa shape index (κ3) is 4.73. The molecule has 2 rings (SSSR count). The second-order valence-corrected chi connectivity index (χ2v) is 6.88. The molecule has 24 heavy (non-hydrogen) atoms. The first-order valence-electron chi connectivity index (χ1n) is 8.92. The van der Waals surface area contributed by atoms with Crippen LogP contribution in [0.15, 0.2) is 18.2 Å². The summed E-state index contributed by atoms with van der Waals surface area (Å²) >= 11 is 6.07. The molecular formula is C19H27ClN2O2. The van der Waals surface area contributed by atoms with Crippen LogP contribution >= 0.6 is 11.6 Å². The van der Waals surface area contributed by atoms with E-state index in [1.807, 2.05) is 6.07 Å². The maximum Gasteiger partial charge on any atom is 0.254 e. The van der Waals surface area contributed by atoms with E-state index in [9.17, 15) is 9.59 Å². The standard InChI is InChI=1S/C19H27ClN2O2/c1-3-4-5-6-7-8-9-12-22-17-11-10-15(20)13-16(17)18(19(22)24)21-14(2)23/h10-11,13,18H,3-9,12H2,1-2H3,(H,21,23). The molecule has 4 nitrogen and oxygen atoms in total. The Bertz CT molecular complexity index is 589. The predicted octanol–water partition coefficient (Wildman–Crippen LogP) is 4.61. The van der Waals surface area contributed by atoms with Crippen molar-refractivity contribution in [3.8, 4) is 0 Å². The Kier molecular flexibility index (Phi) is 7.10. The van der Waals surface area contributed by atoms with Gasteiger partial charge in [0.05, 0.1) is 0 Å². The molecule has 1 aromatic carbocycles. The molecule has 0 radical (unpaired) electrons. The number of carbonyl (C=O) groups excluding carboxylic acids is 2. The third-order valence-corrected chi connectivity index (χ3v) is 4.67. The number of nitrogens with one attached hydrogen (secondary N) is 1. The van der Waals surface area contributed by atoms with Crippen molar-refractivity contribution in [1.29, 1.82) is 0 Å². The van der Waals surface area contributed by atoms with Gasteiger partial charge in [0.25, 0.3) is 5.91 Å². The minimum absolute atomic E-state index is 0.0616. The van der Waals surface area contributed by atoms with Gasteiger partial charge in [-0.15, -0.1) is 0 Å². The van der Waals surface area contributed by atoms with Crippen LogP contribution in [-0.2, 0) is 9.59 Å². The van der Waals surface area contributed by atoms with Crippen molar-refractivity contribution in [1.82, 2.24) is 5.32 Å². The summed E-state index contributed by atoms with van der Waals surface area (Å²) in [6.45, 7) is 4.34. The SMILES string of the molecule is CCCCCCCCCN1C(=O)C(NC(C)=O)c2cc(Cl)ccc21. The number of carbonyl (C=O) groups is 2. The summed E-state index contributed by atoms with van der Waals surface area (Å²) in [6.07, 6.45) is 8.44. The molecule has 0 fully saturated rings. The van der Waals surface area contributed by atoms with Crippen molar-refractivity contribution in [2.24, 2.45) is 0 Å². The summed E-state index contributed by atoms with van der Waals surface area (Å²) in [5.74, 6) is -0.273. The van der Waals surface area contributed by atoms with Crippen LogP contribution in [0.4, 0.5) is 5.69 Å². The minimum atomic E-state index is -0.610. The zero-order chi connectivity index (χ0) is 17.5. The summed E-state index contributed by atoms with van der Waals surface area (Å²) in [5.41, 5.74) is 1.67. The zero-order valence-electron chi connectivity index (χ0n) is 14.6. The number of rotatable bonds is 9. The molecule has 1 atom stereocenters. The van der Waals surface area contributed by atoms with Gasteiger partial charge in [0, 0.05) is 29.7 Å². The highest BCUT2D eigenvalue weighted by atomic mass is 35.5. The molecule has 0 aliphatic carbocycles. The number of hydrogen-bond donors (Lipinski definition) is 1. The van der Waals surface area contributed by atoms with Crippen LogP contribution in [0, 0.1) is 0 Å². The Morgan fingerprint density at radius 2 is 1.83 bits per heavy atom. The topological polar surface area (TPSA) is 49.4 Å². The minimum Gasteiger partial charge on any atom is -0.341 e. The fraction of sp³-hybridized carbons (Fsp3) is 0.579. The van der Waals surface area contributed by atoms with E-state index >= 15 is 0 Å². The van der Waals surface area contributed by atoms with Crippen molar-refractivity contribution >= 4 is 29.1 Å². The Morgan fingerprint density at radius 3 is 2.50 bits per heavy atom. The highest BCUT2D eigenvalue weighted by molar-refractivity contribution is 6.31. The molecule has 1 aromatic rings. The first-order chi connectivity index (χ1) is 11.5. The lowest BCUT2D eigenvalue weighted by atomic mass is 10.1. The van der Waals surface area contributed by atoms with E-state index < -0.39 is 6.04 Å². The Morgan fingerprint density at radius 1 is 1.17 bits per heavy atom. The number of anilines is 1. The molecule has 1 heterocycles. The molecule has 0 spiro atoms. The summed E-state index contributed by atoms with van der Waals surface area (Å²) < 4.78 is 0. The lowest BCUT2D eigenvalue weighted by Crippen LogP contribution is -2.37. The molecule has 0 aromatic heterocycles. The van der Waals surface area contributed by atoms with Crippen LogP contribution in [0.2, 0.25) is 5.02 Å². The maximum atomic E-state index is 12.7. The monoisotopic (exact) mass is 350 g/mol. The van der Waals surface area contributed by atoms with Gasteiger partial charge in [0.2, 0.25) is 5.91 Å². The van der Waals surface area contributed by atoms with Gasteiger partial charge in [-0.2, -0.15) is 0 Å². The molecule has 0 bridgehead atoms. The Hall–Kier alpha value is -1.55. The number of unbranched alkanes of at least 4 members (excludes halogenated alkanes) is 6. The van der Waals surface area contributed by atoms with Gasteiger partial charge in [0.15, 0.2) is 0 Å². The molecule has 1 unspecified atom stereocenters. The number of hydrogen-bond acceptors (Lipinski definition) is 2. The van der Waals surface area contributed by atoms with Gasteiger partial charge >= 0.3 is 0 Å². The third-order valence-electron chi connectivity index (χ3n) is 4.44. The van der Waals surface area contributed by atoms with Crippen LogP contribution in [0.25, 0.3) is 0 Å². The Labute approximate surface area is 149 Å². The van der Waals surface area contributed by atoms with Gasteiger partial charge in [-0.05, 0) is 24.6 Å². The van der Waals surface area contributed by atoms with E-state index in [1.54, 1.807) is 17.0 Å². The number of nitrogens with zero attached hydrogens (tertiary/aromatic N) is 1. The first-order valence-corrected chi connectivity index (χ1v) is 9.30. The van der Waals surface area contributed by atoms with Crippen LogP contribution in [0.5, 0.6) is 0 Å². The maximum absolute atomic E-state index is 12.7. The average molecular weight is 351 g/mol. The number of halogens is 1. The molecular weight excluding hydrogens is 324 g/mol. The van der Waals surface area contributed by atoms with Gasteiger partial charge in [-0.25, -0.2) is 0 Å². The van der Waals surface area contributed by atoms with Crippen molar-refractivity contribution in [2.45, 2.75) is 64.8 Å². The van der Waals surface area contributed by atoms with Gasteiger partial charge in [0.1, 0.15) is 6.04 Å². The fourth-order valence-corrected chi connectivity index (χ4v) is 3.39. The highest BCUT2D eigenvalue weighted by Crippen LogP contribution is 2.37. The second kappa shape index (κ2) is 9.07. The lowest BCUT2D eigenvalue weighted by molar-refractivity contribution is -0.126. The summed E-state index contributed by atoms with van der Waals surface area (Å²) in [4.78, 5) is 25.9. The summed E-state index contributed by atoms with van der Waals surface area (Å²) in [7, 11) is 0. The first kappa shape index (κ1) is 18.8. The molecule has 0 saturated carbocycles. The van der Waals surface area contributed by atoms with Crippen molar-refractivity contribution < 1.29 is 9.59 Å². The van der Waals surface area contributed by atoms with Gasteiger partial charge in [-0.3, -0.25) is 9.59 Å². The number of amides is 2. The van der Waals surface area contributed by atoms with Crippen molar-refractivity contribution in [3.05, 3.63) is 28.8 Å². The van der Waals surface area contributed by atoms with Crippen LogP contribution in [-0.4, -0.2) is 18.4 Å². The Balaban J connectivity index is 1.95. The average Bonchev–Trinajstić information content (AvgIpc) is 2.78. The van der Waals surface area contributed by atoms with Gasteiger partial charge < -0.3 is 10.2 Å². The lowest BCUT2D eigenvalue weighted by Gasteiger charge is -2.18. The normalized spacial score (nSPS) is 16.4. The van der Waals surface area contributed by atoms with Crippen LogP contribution in [0.1, 0.15) is 70.4 Å². The van der Waals surface area contributed by atoms with E-state index in [4.69, 9.17) is 11.6 Å². The van der Waals surface area contributed by atoms with Crippen molar-refractivity contribution in [3.63, 3.8) is 0 Å². The quantitative estimate of drug-likeness (QED) is 0.661.